The quantitative estimate of drug-likeness (QED) is 0.616. The van der Waals surface area contributed by atoms with Crippen LogP contribution in [0.4, 0.5) is 4.79 Å². The van der Waals surface area contributed by atoms with Gasteiger partial charge in [-0.3, -0.25) is 9.59 Å². The van der Waals surface area contributed by atoms with E-state index in [1.54, 1.807) is 39.8 Å². The van der Waals surface area contributed by atoms with Crippen LogP contribution >= 0.6 is 0 Å². The number of furan rings is 1. The van der Waals surface area contributed by atoms with Gasteiger partial charge in [0.1, 0.15) is 17.4 Å². The Morgan fingerprint density at radius 1 is 1.24 bits per heavy atom. The standard InChI is InChI=1S/C17H27N3O5/c1-12(15(22)19-11-13-7-6-10-24-13)20-14(21)8-5-9-18-16(23)25-17(2,3)4/h6-7,10,12H,5,8-9,11H2,1-4H3,(H,18,23)(H,19,22)(H,20,21). The molecule has 8 heteroatoms. The van der Waals surface area contributed by atoms with Gasteiger partial charge in [0.2, 0.25) is 11.8 Å². The molecule has 25 heavy (non-hydrogen) atoms. The van der Waals surface area contributed by atoms with Gasteiger partial charge in [0.15, 0.2) is 0 Å². The molecular formula is C17H27N3O5. The minimum Gasteiger partial charge on any atom is -0.467 e. The third-order valence-electron chi connectivity index (χ3n) is 3.04. The van der Waals surface area contributed by atoms with Crippen LogP contribution in [0, 0.1) is 0 Å². The smallest absolute Gasteiger partial charge is 0.407 e. The molecule has 3 N–H and O–H groups in total. The lowest BCUT2D eigenvalue weighted by Crippen LogP contribution is -2.44. The van der Waals surface area contributed by atoms with Crippen LogP contribution in [0.5, 0.6) is 0 Å². The molecule has 0 saturated heterocycles. The first kappa shape index (κ1) is 20.5. The van der Waals surface area contributed by atoms with Gasteiger partial charge in [-0.15, -0.1) is 0 Å². The molecule has 0 aliphatic rings. The third kappa shape index (κ3) is 9.39. The Morgan fingerprint density at radius 3 is 2.56 bits per heavy atom. The summed E-state index contributed by atoms with van der Waals surface area (Å²) >= 11 is 0. The zero-order valence-electron chi connectivity index (χ0n) is 15.2. The maximum atomic E-state index is 11.9. The van der Waals surface area contributed by atoms with Crippen molar-refractivity contribution in [2.24, 2.45) is 0 Å². The molecule has 1 aromatic rings. The van der Waals surface area contributed by atoms with E-state index in [9.17, 15) is 14.4 Å². The molecule has 1 rings (SSSR count). The molecule has 0 aliphatic heterocycles. The highest BCUT2D eigenvalue weighted by molar-refractivity contribution is 5.87. The first-order chi connectivity index (χ1) is 11.7. The van der Waals surface area contributed by atoms with Crippen LogP contribution in [-0.2, 0) is 20.9 Å². The Morgan fingerprint density at radius 2 is 1.96 bits per heavy atom. The van der Waals surface area contributed by atoms with Crippen molar-refractivity contribution in [1.82, 2.24) is 16.0 Å². The van der Waals surface area contributed by atoms with E-state index in [1.165, 1.54) is 6.26 Å². The molecule has 0 bridgehead atoms. The van der Waals surface area contributed by atoms with Gasteiger partial charge in [0, 0.05) is 13.0 Å². The highest BCUT2D eigenvalue weighted by Gasteiger charge is 2.17. The monoisotopic (exact) mass is 353 g/mol. The maximum absolute atomic E-state index is 11.9. The van der Waals surface area contributed by atoms with Gasteiger partial charge in [0.25, 0.3) is 0 Å². The predicted octanol–water partition coefficient (Wildman–Crippen LogP) is 1.71. The second kappa shape index (κ2) is 9.71. The minimum absolute atomic E-state index is 0.200. The van der Waals surface area contributed by atoms with E-state index >= 15 is 0 Å². The van der Waals surface area contributed by atoms with Gasteiger partial charge in [-0.1, -0.05) is 0 Å². The van der Waals surface area contributed by atoms with Gasteiger partial charge in [-0.25, -0.2) is 4.79 Å². The number of carbonyl (C=O) groups is 3. The van der Waals surface area contributed by atoms with Crippen molar-refractivity contribution >= 4 is 17.9 Å². The van der Waals surface area contributed by atoms with Gasteiger partial charge >= 0.3 is 6.09 Å². The Balaban J connectivity index is 2.16. The molecule has 0 aliphatic carbocycles. The van der Waals surface area contributed by atoms with Gasteiger partial charge < -0.3 is 25.1 Å². The molecule has 1 aromatic heterocycles. The molecule has 8 nitrogen and oxygen atoms in total. The van der Waals surface area contributed by atoms with Crippen LogP contribution < -0.4 is 16.0 Å². The van der Waals surface area contributed by atoms with Crippen LogP contribution in [0.15, 0.2) is 22.8 Å². The van der Waals surface area contributed by atoms with Crippen molar-refractivity contribution < 1.29 is 23.5 Å². The SMILES string of the molecule is CC(NC(=O)CCCNC(=O)OC(C)(C)C)C(=O)NCc1ccco1. The number of ether oxygens (including phenoxy) is 1. The number of amides is 3. The van der Waals surface area contributed by atoms with E-state index in [0.717, 1.165) is 0 Å². The first-order valence-corrected chi connectivity index (χ1v) is 8.23. The van der Waals surface area contributed by atoms with Crippen molar-refractivity contribution in [3.8, 4) is 0 Å². The average Bonchev–Trinajstić information content (AvgIpc) is 3.00. The van der Waals surface area contributed by atoms with E-state index in [1.807, 2.05) is 0 Å². The lowest BCUT2D eigenvalue weighted by molar-refractivity contribution is -0.128. The van der Waals surface area contributed by atoms with Crippen LogP contribution in [-0.4, -0.2) is 36.1 Å². The number of hydrogen-bond acceptors (Lipinski definition) is 5. The van der Waals surface area contributed by atoms with E-state index in [2.05, 4.69) is 16.0 Å². The number of nitrogens with one attached hydrogen (secondary N) is 3. The maximum Gasteiger partial charge on any atom is 0.407 e. The lowest BCUT2D eigenvalue weighted by Gasteiger charge is -2.19. The van der Waals surface area contributed by atoms with E-state index in [4.69, 9.17) is 9.15 Å². The van der Waals surface area contributed by atoms with Crippen LogP contribution in [0.25, 0.3) is 0 Å². The summed E-state index contributed by atoms with van der Waals surface area (Å²) < 4.78 is 10.2. The van der Waals surface area contributed by atoms with Crippen molar-refractivity contribution in [3.63, 3.8) is 0 Å². The molecule has 0 saturated carbocycles. The molecular weight excluding hydrogens is 326 g/mol. The molecule has 0 radical (unpaired) electrons. The summed E-state index contributed by atoms with van der Waals surface area (Å²) in [6, 6.07) is 2.83. The van der Waals surface area contributed by atoms with E-state index in [0.29, 0.717) is 18.7 Å². The molecule has 1 heterocycles. The summed E-state index contributed by atoms with van der Waals surface area (Å²) in [5.41, 5.74) is -0.556. The van der Waals surface area contributed by atoms with Crippen LogP contribution in [0.2, 0.25) is 0 Å². The second-order valence-electron chi connectivity index (χ2n) is 6.62. The predicted molar refractivity (Wildman–Crippen MR) is 91.6 cm³/mol. The first-order valence-electron chi connectivity index (χ1n) is 8.23. The lowest BCUT2D eigenvalue weighted by atomic mass is 10.2. The molecule has 140 valence electrons. The highest BCUT2D eigenvalue weighted by atomic mass is 16.6. The van der Waals surface area contributed by atoms with Gasteiger partial charge in [0.05, 0.1) is 12.8 Å². The molecule has 0 fully saturated rings. The molecule has 1 unspecified atom stereocenters. The average molecular weight is 353 g/mol. The fraction of sp³-hybridized carbons (Fsp3) is 0.588. The Kier molecular flexibility index (Phi) is 7.97. The second-order valence-corrected chi connectivity index (χ2v) is 6.62. The summed E-state index contributed by atoms with van der Waals surface area (Å²) in [4.78, 5) is 35.1. The Labute approximate surface area is 147 Å². The summed E-state index contributed by atoms with van der Waals surface area (Å²) in [6.07, 6.45) is 1.66. The zero-order valence-corrected chi connectivity index (χ0v) is 15.2. The normalized spacial score (nSPS) is 12.2. The third-order valence-corrected chi connectivity index (χ3v) is 3.04. The summed E-state index contributed by atoms with van der Waals surface area (Å²) in [5.74, 6) is 0.0864. The fourth-order valence-electron chi connectivity index (χ4n) is 1.87. The summed E-state index contributed by atoms with van der Waals surface area (Å²) in [7, 11) is 0. The summed E-state index contributed by atoms with van der Waals surface area (Å²) in [5, 5.41) is 7.86. The van der Waals surface area contributed by atoms with Crippen molar-refractivity contribution in [1.29, 1.82) is 0 Å². The zero-order chi connectivity index (χ0) is 18.9. The fourth-order valence-corrected chi connectivity index (χ4v) is 1.87. The van der Waals surface area contributed by atoms with E-state index in [-0.39, 0.29) is 24.8 Å². The topological polar surface area (TPSA) is 110 Å². The Hall–Kier alpha value is -2.51. The Bertz CT molecular complexity index is 563. The van der Waals surface area contributed by atoms with E-state index < -0.39 is 17.7 Å². The van der Waals surface area contributed by atoms with Crippen LogP contribution in [0.3, 0.4) is 0 Å². The van der Waals surface area contributed by atoms with Crippen molar-refractivity contribution in [3.05, 3.63) is 24.2 Å². The van der Waals surface area contributed by atoms with Crippen molar-refractivity contribution in [2.45, 2.75) is 58.7 Å². The van der Waals surface area contributed by atoms with Gasteiger partial charge in [-0.2, -0.15) is 0 Å². The van der Waals surface area contributed by atoms with Crippen LogP contribution in [0.1, 0.15) is 46.3 Å². The molecule has 1 atom stereocenters. The molecule has 3 amide bonds. The number of hydrogen-bond donors (Lipinski definition) is 3. The number of rotatable bonds is 8. The van der Waals surface area contributed by atoms with Gasteiger partial charge in [-0.05, 0) is 46.2 Å². The largest absolute Gasteiger partial charge is 0.467 e. The number of alkyl carbamates (subject to hydrolysis) is 1. The molecule has 0 spiro atoms. The minimum atomic E-state index is -0.652. The molecule has 0 aromatic carbocycles. The van der Waals surface area contributed by atoms with Crippen molar-refractivity contribution in [2.75, 3.05) is 6.54 Å². The number of carbonyl (C=O) groups excluding carboxylic acids is 3. The summed E-state index contributed by atoms with van der Waals surface area (Å²) in [6.45, 7) is 7.52. The highest BCUT2D eigenvalue weighted by Crippen LogP contribution is 2.06.